The average Bonchev–Trinajstić information content (AvgIpc) is 2.89. The molecule has 9 N–H and O–H groups in total. The molecule has 1 heterocycles. The summed E-state index contributed by atoms with van der Waals surface area (Å²) in [6, 6.07) is 5.18. The van der Waals surface area contributed by atoms with Crippen LogP contribution in [0.4, 0.5) is 4.79 Å². The molecular weight excluding hydrogens is 558 g/mol. The van der Waals surface area contributed by atoms with Crippen LogP contribution in [0, 0.1) is 20.8 Å². The van der Waals surface area contributed by atoms with E-state index in [-0.39, 0.29) is 42.5 Å². The zero-order chi connectivity index (χ0) is 31.4. The van der Waals surface area contributed by atoms with Crippen LogP contribution in [-0.2, 0) is 34.3 Å². The molecule has 1 atom stereocenters. The van der Waals surface area contributed by atoms with Crippen LogP contribution in [0.25, 0.3) is 0 Å². The first-order chi connectivity index (χ1) is 19.5. The van der Waals surface area contributed by atoms with Crippen LogP contribution in [0.5, 0.6) is 5.75 Å². The lowest BCUT2D eigenvalue weighted by atomic mass is 9.88. The number of benzene rings is 2. The van der Waals surface area contributed by atoms with Gasteiger partial charge in [-0.1, -0.05) is 24.3 Å². The number of carbonyl (C=O) groups is 2. The van der Waals surface area contributed by atoms with Crippen molar-refractivity contribution in [3.05, 3.63) is 57.6 Å². The fraction of sp³-hybridized carbons (Fsp3) is 0.483. The van der Waals surface area contributed by atoms with Gasteiger partial charge in [0.25, 0.3) is 0 Å². The highest BCUT2D eigenvalue weighted by Crippen LogP contribution is 2.43. The molecule has 1 aliphatic heterocycles. The van der Waals surface area contributed by atoms with E-state index in [9.17, 15) is 18.0 Å². The first-order valence-electron chi connectivity index (χ1n) is 13.8. The minimum absolute atomic E-state index is 0.0952. The van der Waals surface area contributed by atoms with Gasteiger partial charge in [-0.25, -0.2) is 13.2 Å². The number of amides is 3. The molecule has 230 valence electrons. The normalized spacial score (nSPS) is 14.9. The van der Waals surface area contributed by atoms with Gasteiger partial charge in [0.15, 0.2) is 5.96 Å². The van der Waals surface area contributed by atoms with Gasteiger partial charge >= 0.3 is 6.03 Å². The third-order valence-electron chi connectivity index (χ3n) is 7.67. The third-order valence-corrected chi connectivity index (χ3v) is 9.80. The lowest BCUT2D eigenvalue weighted by Gasteiger charge is -2.36. The summed E-state index contributed by atoms with van der Waals surface area (Å²) in [6.45, 7) is 9.76. The van der Waals surface area contributed by atoms with Gasteiger partial charge in [-0.3, -0.25) is 9.79 Å². The molecule has 42 heavy (non-hydrogen) atoms. The number of aliphatic imine (C=N–C) groups is 1. The molecule has 0 aromatic heterocycles. The van der Waals surface area contributed by atoms with E-state index < -0.39 is 28.0 Å². The number of nitrogens with one attached hydrogen (secondary N) is 1. The Morgan fingerprint density at radius 3 is 2.21 bits per heavy atom. The summed E-state index contributed by atoms with van der Waals surface area (Å²) in [5.74, 6) is -0.154. The van der Waals surface area contributed by atoms with E-state index in [1.54, 1.807) is 38.1 Å². The molecule has 2 aromatic carbocycles. The number of nitrogens with two attached hydrogens (primary N) is 4. The highest BCUT2D eigenvalue weighted by atomic mass is 32.2. The number of carbonyl (C=O) groups excluding carboxylic acids is 2. The monoisotopic (exact) mass is 601 g/mol. The van der Waals surface area contributed by atoms with E-state index >= 15 is 0 Å². The number of ether oxygens (including phenoxy) is 1. The van der Waals surface area contributed by atoms with Crippen LogP contribution in [0.15, 0.2) is 34.2 Å². The summed E-state index contributed by atoms with van der Waals surface area (Å²) in [6.07, 6.45) is 1.85. The topological polar surface area (TPSA) is 209 Å². The quantitative estimate of drug-likeness (QED) is 0.139. The first kappa shape index (κ1) is 32.7. The second-order valence-electron chi connectivity index (χ2n) is 11.3. The van der Waals surface area contributed by atoms with Gasteiger partial charge in [0, 0.05) is 19.6 Å². The number of sulfonamides is 1. The number of hydrogen-bond donors (Lipinski definition) is 5. The molecule has 0 saturated heterocycles. The number of guanidine groups is 1. The first-order valence-corrected chi connectivity index (χ1v) is 15.3. The SMILES string of the molecule is Cc1c(C)c(S(=O)(=O)N(Cc2ccc(CNC(N)=O)cc2)[C@H](CCCN=C(N)N)C(N)=O)c(C)c2c1OC(C)(C)CC2. The molecule has 0 aliphatic carbocycles. The fourth-order valence-corrected chi connectivity index (χ4v) is 7.42. The third kappa shape index (κ3) is 7.51. The number of fused-ring (bicyclic) bond motifs is 1. The minimum atomic E-state index is -4.26. The number of urea groups is 1. The second-order valence-corrected chi connectivity index (χ2v) is 13.2. The van der Waals surface area contributed by atoms with Gasteiger partial charge in [-0.05, 0) is 93.7 Å². The molecule has 13 heteroatoms. The lowest BCUT2D eigenvalue weighted by molar-refractivity contribution is -0.122. The molecular formula is C29H43N7O5S. The van der Waals surface area contributed by atoms with Crippen molar-refractivity contribution in [2.24, 2.45) is 27.9 Å². The van der Waals surface area contributed by atoms with Crippen molar-refractivity contribution >= 4 is 27.9 Å². The van der Waals surface area contributed by atoms with Crippen molar-refractivity contribution < 1.29 is 22.7 Å². The Hall–Kier alpha value is -3.84. The molecule has 0 fully saturated rings. The van der Waals surface area contributed by atoms with Crippen LogP contribution in [-0.4, -0.2) is 48.8 Å². The Morgan fingerprint density at radius 1 is 1.02 bits per heavy atom. The maximum absolute atomic E-state index is 14.6. The van der Waals surface area contributed by atoms with Gasteiger partial charge in [0.2, 0.25) is 15.9 Å². The summed E-state index contributed by atoms with van der Waals surface area (Å²) in [5.41, 5.74) is 25.7. The Kier molecular flexibility index (Phi) is 10.1. The van der Waals surface area contributed by atoms with Crippen molar-refractivity contribution in [1.29, 1.82) is 0 Å². The van der Waals surface area contributed by atoms with Gasteiger partial charge in [0.05, 0.1) is 4.90 Å². The molecule has 0 saturated carbocycles. The summed E-state index contributed by atoms with van der Waals surface area (Å²) < 4.78 is 36.7. The molecule has 0 unspecified atom stereocenters. The average molecular weight is 602 g/mol. The van der Waals surface area contributed by atoms with E-state index in [1.165, 1.54) is 4.31 Å². The van der Waals surface area contributed by atoms with Gasteiger partial charge < -0.3 is 33.0 Å². The van der Waals surface area contributed by atoms with Gasteiger partial charge in [-0.2, -0.15) is 4.31 Å². The molecule has 0 radical (unpaired) electrons. The Balaban J connectivity index is 2.11. The van der Waals surface area contributed by atoms with Crippen LogP contribution < -0.4 is 33.0 Å². The maximum atomic E-state index is 14.6. The van der Waals surface area contributed by atoms with E-state index in [4.69, 9.17) is 27.7 Å². The summed E-state index contributed by atoms with van der Waals surface area (Å²) in [4.78, 5) is 28.0. The highest BCUT2D eigenvalue weighted by molar-refractivity contribution is 7.89. The molecule has 3 amide bonds. The van der Waals surface area contributed by atoms with E-state index in [0.29, 0.717) is 29.5 Å². The van der Waals surface area contributed by atoms with Crippen molar-refractivity contribution in [3.63, 3.8) is 0 Å². The van der Waals surface area contributed by atoms with Crippen LogP contribution >= 0.6 is 0 Å². The Bertz CT molecular complexity index is 1470. The number of primary amides is 2. The van der Waals surface area contributed by atoms with Crippen LogP contribution in [0.1, 0.15) is 66.5 Å². The summed E-state index contributed by atoms with van der Waals surface area (Å²) in [7, 11) is -4.26. The van der Waals surface area contributed by atoms with Crippen LogP contribution in [0.3, 0.4) is 0 Å². The lowest BCUT2D eigenvalue weighted by Crippen LogP contribution is -2.48. The standard InChI is InChI=1S/C29H43N7O5S/c1-17-18(2)25(19(3)22-12-13-29(4,5)41-24(17)22)42(39,40)36(23(26(30)37)7-6-14-34-27(31)32)16-21-10-8-20(9-11-21)15-35-28(33)38/h8-11,23H,6-7,12-16H2,1-5H3,(H2,30,37)(H4,31,32,34)(H3,33,35,38)/t23-/m1/s1. The fourth-order valence-electron chi connectivity index (χ4n) is 5.27. The molecule has 2 aromatic rings. The molecule has 12 nitrogen and oxygen atoms in total. The van der Waals surface area contributed by atoms with Crippen molar-refractivity contribution in [2.75, 3.05) is 6.54 Å². The maximum Gasteiger partial charge on any atom is 0.312 e. The molecule has 3 rings (SSSR count). The van der Waals surface area contributed by atoms with Crippen molar-refractivity contribution in [1.82, 2.24) is 9.62 Å². The van der Waals surface area contributed by atoms with Crippen LogP contribution in [0.2, 0.25) is 0 Å². The summed E-state index contributed by atoms with van der Waals surface area (Å²) >= 11 is 0. The molecule has 1 aliphatic rings. The van der Waals surface area contributed by atoms with E-state index in [0.717, 1.165) is 28.9 Å². The predicted octanol–water partition coefficient (Wildman–Crippen LogP) is 1.98. The van der Waals surface area contributed by atoms with E-state index in [2.05, 4.69) is 10.3 Å². The Labute approximate surface area is 247 Å². The van der Waals surface area contributed by atoms with Crippen molar-refractivity contribution in [2.45, 2.75) is 89.9 Å². The smallest absolute Gasteiger partial charge is 0.312 e. The minimum Gasteiger partial charge on any atom is -0.487 e. The molecule has 0 spiro atoms. The van der Waals surface area contributed by atoms with Crippen molar-refractivity contribution in [3.8, 4) is 5.75 Å². The number of rotatable bonds is 12. The number of hydrogen-bond acceptors (Lipinski definition) is 6. The van der Waals surface area contributed by atoms with Gasteiger partial charge in [0.1, 0.15) is 17.4 Å². The largest absolute Gasteiger partial charge is 0.487 e. The predicted molar refractivity (Wildman–Crippen MR) is 162 cm³/mol. The Morgan fingerprint density at radius 2 is 1.64 bits per heavy atom. The number of nitrogens with zero attached hydrogens (tertiary/aromatic N) is 2. The molecule has 0 bridgehead atoms. The summed E-state index contributed by atoms with van der Waals surface area (Å²) in [5, 5.41) is 2.52. The van der Waals surface area contributed by atoms with Gasteiger partial charge in [-0.15, -0.1) is 0 Å². The van der Waals surface area contributed by atoms with E-state index in [1.807, 2.05) is 20.8 Å². The zero-order valence-electron chi connectivity index (χ0n) is 25.0. The second kappa shape index (κ2) is 13.0. The zero-order valence-corrected chi connectivity index (χ0v) is 25.8. The highest BCUT2D eigenvalue weighted by Gasteiger charge is 2.39.